The SMILES string of the molecule is CCN1C(=O)C(CCN2CCN(c3cccc([N+](=O)[O-])c3)CC2)(c2ccccc2)c2ccccc21. The molecule has 3 aromatic carbocycles. The molecule has 35 heavy (non-hydrogen) atoms. The molecule has 0 saturated carbocycles. The monoisotopic (exact) mass is 470 g/mol. The molecule has 7 heteroatoms. The summed E-state index contributed by atoms with van der Waals surface area (Å²) in [7, 11) is 0. The highest BCUT2D eigenvalue weighted by molar-refractivity contribution is 6.10. The van der Waals surface area contributed by atoms with Gasteiger partial charge in [0, 0.05) is 56.2 Å². The molecule has 1 saturated heterocycles. The van der Waals surface area contributed by atoms with E-state index in [1.54, 1.807) is 12.1 Å². The molecule has 1 unspecified atom stereocenters. The molecule has 3 aromatic rings. The van der Waals surface area contributed by atoms with E-state index in [-0.39, 0.29) is 16.5 Å². The first-order valence-corrected chi connectivity index (χ1v) is 12.2. The van der Waals surface area contributed by atoms with Crippen LogP contribution < -0.4 is 9.80 Å². The number of carbonyl (C=O) groups is 1. The molecule has 1 amide bonds. The predicted molar refractivity (Wildman–Crippen MR) is 138 cm³/mol. The molecular weight excluding hydrogens is 440 g/mol. The zero-order chi connectivity index (χ0) is 24.4. The largest absolute Gasteiger partial charge is 0.369 e. The zero-order valence-corrected chi connectivity index (χ0v) is 20.0. The average molecular weight is 471 g/mol. The summed E-state index contributed by atoms with van der Waals surface area (Å²) in [5.74, 6) is 0.155. The molecule has 5 rings (SSSR count). The Balaban J connectivity index is 1.35. The van der Waals surface area contributed by atoms with Gasteiger partial charge in [-0.3, -0.25) is 19.8 Å². The summed E-state index contributed by atoms with van der Waals surface area (Å²) in [6, 6.07) is 25.2. The lowest BCUT2D eigenvalue weighted by molar-refractivity contribution is -0.384. The topological polar surface area (TPSA) is 69.9 Å². The van der Waals surface area contributed by atoms with Gasteiger partial charge in [0.1, 0.15) is 5.41 Å². The molecule has 0 spiro atoms. The quantitative estimate of drug-likeness (QED) is 0.377. The second-order valence-corrected chi connectivity index (χ2v) is 9.19. The van der Waals surface area contributed by atoms with E-state index in [1.807, 2.05) is 48.2 Å². The van der Waals surface area contributed by atoms with Crippen LogP contribution in [0.15, 0.2) is 78.9 Å². The van der Waals surface area contributed by atoms with Gasteiger partial charge in [-0.2, -0.15) is 0 Å². The summed E-state index contributed by atoms with van der Waals surface area (Å²) < 4.78 is 0. The van der Waals surface area contributed by atoms with Crippen LogP contribution in [0.3, 0.4) is 0 Å². The summed E-state index contributed by atoms with van der Waals surface area (Å²) in [5, 5.41) is 11.2. The Bertz CT molecular complexity index is 1220. The van der Waals surface area contributed by atoms with E-state index in [0.717, 1.165) is 55.2 Å². The first kappa shape index (κ1) is 23.1. The van der Waals surface area contributed by atoms with Gasteiger partial charge in [0.2, 0.25) is 5.91 Å². The molecule has 0 aliphatic carbocycles. The van der Waals surface area contributed by atoms with E-state index >= 15 is 0 Å². The van der Waals surface area contributed by atoms with Gasteiger partial charge in [-0.1, -0.05) is 54.6 Å². The molecule has 2 aliphatic heterocycles. The number of benzene rings is 3. The number of likely N-dealkylation sites (N-methyl/N-ethyl adjacent to an activating group) is 1. The summed E-state index contributed by atoms with van der Waals surface area (Å²) >= 11 is 0. The number of rotatable bonds is 7. The first-order chi connectivity index (χ1) is 17.0. The molecule has 7 nitrogen and oxygen atoms in total. The van der Waals surface area contributed by atoms with Crippen molar-refractivity contribution in [1.29, 1.82) is 0 Å². The standard InChI is InChI=1S/C28H30N4O3/c1-2-31-26-14-7-6-13-25(26)28(27(31)33,22-9-4-3-5-10-22)15-16-29-17-19-30(20-18-29)23-11-8-12-24(21-23)32(34)35/h3-14,21H,2,15-20H2,1H3. The van der Waals surface area contributed by atoms with Crippen molar-refractivity contribution in [2.45, 2.75) is 18.8 Å². The molecule has 0 N–H and O–H groups in total. The van der Waals surface area contributed by atoms with E-state index < -0.39 is 5.41 Å². The third-order valence-electron chi connectivity index (χ3n) is 7.43. The second kappa shape index (κ2) is 9.50. The van der Waals surface area contributed by atoms with Crippen molar-refractivity contribution >= 4 is 23.0 Å². The number of fused-ring (bicyclic) bond motifs is 1. The second-order valence-electron chi connectivity index (χ2n) is 9.19. The number of carbonyl (C=O) groups excluding carboxylic acids is 1. The van der Waals surface area contributed by atoms with Crippen molar-refractivity contribution in [3.63, 3.8) is 0 Å². The summed E-state index contributed by atoms with van der Waals surface area (Å²) in [6.45, 7) is 6.77. The Labute approximate surface area is 205 Å². The molecule has 1 fully saturated rings. The van der Waals surface area contributed by atoms with Crippen molar-refractivity contribution in [2.75, 3.05) is 49.1 Å². The number of anilines is 2. The summed E-state index contributed by atoms with van der Waals surface area (Å²) in [5.41, 5.74) is 3.47. The fourth-order valence-electron chi connectivity index (χ4n) is 5.59. The minimum absolute atomic E-state index is 0.119. The molecule has 180 valence electrons. The lowest BCUT2D eigenvalue weighted by Crippen LogP contribution is -2.49. The van der Waals surface area contributed by atoms with Crippen LogP contribution >= 0.6 is 0 Å². The maximum Gasteiger partial charge on any atom is 0.271 e. The van der Waals surface area contributed by atoms with Crippen molar-refractivity contribution in [1.82, 2.24) is 4.90 Å². The Morgan fingerprint density at radius 1 is 0.914 bits per heavy atom. The smallest absolute Gasteiger partial charge is 0.271 e. The maximum absolute atomic E-state index is 14.0. The number of amides is 1. The third kappa shape index (κ3) is 4.06. The number of hydrogen-bond donors (Lipinski definition) is 0. The Morgan fingerprint density at radius 2 is 1.63 bits per heavy atom. The van der Waals surface area contributed by atoms with Gasteiger partial charge >= 0.3 is 0 Å². The Kier molecular flexibility index (Phi) is 6.26. The molecule has 0 bridgehead atoms. The van der Waals surface area contributed by atoms with Gasteiger partial charge in [0.05, 0.1) is 4.92 Å². The van der Waals surface area contributed by atoms with E-state index in [0.29, 0.717) is 13.0 Å². The van der Waals surface area contributed by atoms with E-state index in [9.17, 15) is 14.9 Å². The lowest BCUT2D eigenvalue weighted by atomic mass is 9.72. The number of hydrogen-bond acceptors (Lipinski definition) is 5. The van der Waals surface area contributed by atoms with Gasteiger partial charge in [-0.15, -0.1) is 0 Å². The van der Waals surface area contributed by atoms with Crippen LogP contribution in [0.25, 0.3) is 0 Å². The molecule has 2 aliphatic rings. The van der Waals surface area contributed by atoms with E-state index in [1.165, 1.54) is 6.07 Å². The molecule has 2 heterocycles. The van der Waals surface area contributed by atoms with E-state index in [4.69, 9.17) is 0 Å². The van der Waals surface area contributed by atoms with Crippen LogP contribution in [0.4, 0.5) is 17.1 Å². The zero-order valence-electron chi connectivity index (χ0n) is 20.0. The van der Waals surface area contributed by atoms with Crippen LogP contribution in [0.2, 0.25) is 0 Å². The van der Waals surface area contributed by atoms with Gasteiger partial charge in [-0.05, 0) is 43.1 Å². The highest BCUT2D eigenvalue weighted by atomic mass is 16.6. The summed E-state index contributed by atoms with van der Waals surface area (Å²) in [4.78, 5) is 31.3. The van der Waals surface area contributed by atoms with Gasteiger partial charge in [-0.25, -0.2) is 0 Å². The van der Waals surface area contributed by atoms with Gasteiger partial charge in [0.25, 0.3) is 5.69 Å². The lowest BCUT2D eigenvalue weighted by Gasteiger charge is -2.38. The van der Waals surface area contributed by atoms with Crippen LogP contribution in [-0.4, -0.2) is 55.0 Å². The van der Waals surface area contributed by atoms with Crippen molar-refractivity contribution in [2.24, 2.45) is 0 Å². The number of nitro groups is 1. The number of nitrogens with zero attached hydrogens (tertiary/aromatic N) is 4. The number of piperazine rings is 1. The van der Waals surface area contributed by atoms with Crippen LogP contribution in [0, 0.1) is 10.1 Å². The van der Waals surface area contributed by atoms with Gasteiger partial charge < -0.3 is 9.80 Å². The normalized spacial score (nSPS) is 20.2. The maximum atomic E-state index is 14.0. The van der Waals surface area contributed by atoms with Gasteiger partial charge in [0.15, 0.2) is 0 Å². The number of para-hydroxylation sites is 1. The first-order valence-electron chi connectivity index (χ1n) is 12.2. The summed E-state index contributed by atoms with van der Waals surface area (Å²) in [6.07, 6.45) is 0.709. The highest BCUT2D eigenvalue weighted by Crippen LogP contribution is 2.48. The van der Waals surface area contributed by atoms with Crippen LogP contribution in [0.5, 0.6) is 0 Å². The molecule has 0 radical (unpaired) electrons. The minimum atomic E-state index is -0.689. The fraction of sp³-hybridized carbons (Fsp3) is 0.321. The predicted octanol–water partition coefficient (Wildman–Crippen LogP) is 4.46. The molecule has 0 aromatic heterocycles. The number of non-ortho nitro benzene ring substituents is 1. The van der Waals surface area contributed by atoms with Crippen molar-refractivity contribution < 1.29 is 9.72 Å². The number of nitro benzene ring substituents is 1. The minimum Gasteiger partial charge on any atom is -0.369 e. The third-order valence-corrected chi connectivity index (χ3v) is 7.43. The molecule has 1 atom stereocenters. The molecular formula is C28H30N4O3. The van der Waals surface area contributed by atoms with Crippen LogP contribution in [0.1, 0.15) is 24.5 Å². The fourth-order valence-corrected chi connectivity index (χ4v) is 5.59. The Morgan fingerprint density at radius 3 is 2.34 bits per heavy atom. The van der Waals surface area contributed by atoms with Crippen molar-refractivity contribution in [3.05, 3.63) is 100 Å². The van der Waals surface area contributed by atoms with Crippen LogP contribution in [-0.2, 0) is 10.2 Å². The van der Waals surface area contributed by atoms with Crippen molar-refractivity contribution in [3.8, 4) is 0 Å². The van der Waals surface area contributed by atoms with E-state index in [2.05, 4.69) is 34.1 Å². The highest BCUT2D eigenvalue weighted by Gasteiger charge is 2.51. The Hall–Kier alpha value is -3.71. The average Bonchev–Trinajstić information content (AvgIpc) is 3.16.